The molecule has 0 aromatic heterocycles. The second kappa shape index (κ2) is 56.6. The van der Waals surface area contributed by atoms with Gasteiger partial charge in [0.15, 0.2) is 6.10 Å². The van der Waals surface area contributed by atoms with Gasteiger partial charge in [-0.05, 0) is 128 Å². The zero-order valence-corrected chi connectivity index (χ0v) is 48.0. The third kappa shape index (κ3) is 54.2. The average Bonchev–Trinajstić information content (AvgIpc) is 3.41. The lowest BCUT2D eigenvalue weighted by Gasteiger charge is -2.21. The van der Waals surface area contributed by atoms with Crippen molar-refractivity contribution in [3.05, 3.63) is 146 Å². The summed E-state index contributed by atoms with van der Waals surface area (Å²) in [4.78, 5) is 48.5. The summed E-state index contributed by atoms with van der Waals surface area (Å²) in [5, 5.41) is 9.81. The Morgan fingerprint density at radius 2 is 0.658 bits per heavy atom. The number of hydrogen-bond donors (Lipinski definition) is 2. The Balaban J connectivity index is 4.89. The van der Waals surface area contributed by atoms with E-state index in [-0.39, 0.29) is 25.9 Å². The van der Waals surface area contributed by atoms with Crippen LogP contribution >= 0.6 is 7.82 Å². The summed E-state index contributed by atoms with van der Waals surface area (Å²) >= 11 is 0. The van der Waals surface area contributed by atoms with Gasteiger partial charge in [-0.15, -0.1) is 0 Å². The lowest BCUT2D eigenvalue weighted by molar-refractivity contribution is -0.161. The zero-order valence-electron chi connectivity index (χ0n) is 47.2. The van der Waals surface area contributed by atoms with Crippen LogP contribution in [0.1, 0.15) is 201 Å². The maximum atomic E-state index is 12.9. The third-order valence-corrected chi connectivity index (χ3v) is 12.2. The molecule has 11 nitrogen and oxygen atoms in total. The third-order valence-electron chi connectivity index (χ3n) is 11.2. The van der Waals surface area contributed by atoms with E-state index >= 15 is 0 Å². The summed E-state index contributed by atoms with van der Waals surface area (Å²) in [5.74, 6) is -1.61. The molecule has 3 unspecified atom stereocenters. The van der Waals surface area contributed by atoms with E-state index in [1.165, 1.54) is 0 Å². The SMILES string of the molecule is CC/C=C\C/C=C\C/C=C\C/C=C\C/C=C\CCCC(=O)OCC(COP(=O)(O)OCC(CO)OC(=O)CCCC/C=C\C/C=C\C/C=C\C/C=C\CC)OC(=O)CCCCCCCCC/C=C\C/C=C\C/C=C\CC. The molecule has 12 heteroatoms. The maximum absolute atomic E-state index is 12.9. The summed E-state index contributed by atoms with van der Waals surface area (Å²) in [7, 11) is -4.79. The van der Waals surface area contributed by atoms with Crippen molar-refractivity contribution in [2.45, 2.75) is 213 Å². The topological polar surface area (TPSA) is 155 Å². The number of hydrogen-bond acceptors (Lipinski definition) is 10. The Hall–Kier alpha value is -4.64. The number of phosphoric ester groups is 1. The lowest BCUT2D eigenvalue weighted by atomic mass is 10.1. The highest BCUT2D eigenvalue weighted by Gasteiger charge is 2.28. The zero-order chi connectivity index (χ0) is 55.5. The number of ether oxygens (including phenoxy) is 3. The van der Waals surface area contributed by atoms with E-state index in [2.05, 4.69) is 161 Å². The summed E-state index contributed by atoms with van der Waals surface area (Å²) < 4.78 is 39.4. The molecule has 0 saturated carbocycles. The normalized spacial score (nSPS) is 14.4. The second-order valence-electron chi connectivity index (χ2n) is 18.3. The Bertz CT molecular complexity index is 1830. The molecule has 0 amide bonds. The van der Waals surface area contributed by atoms with Crippen molar-refractivity contribution in [1.82, 2.24) is 0 Å². The monoisotopic (exact) mass is 1080 g/mol. The minimum Gasteiger partial charge on any atom is -0.462 e. The number of unbranched alkanes of at least 4 members (excludes halogenated alkanes) is 10. The van der Waals surface area contributed by atoms with Crippen molar-refractivity contribution >= 4 is 25.7 Å². The minimum atomic E-state index is -4.79. The molecule has 0 saturated heterocycles. The molecule has 0 heterocycles. The van der Waals surface area contributed by atoms with Crippen molar-refractivity contribution in [2.75, 3.05) is 26.4 Å². The molecule has 0 aliphatic heterocycles. The molecule has 76 heavy (non-hydrogen) atoms. The van der Waals surface area contributed by atoms with E-state index in [0.717, 1.165) is 135 Å². The van der Waals surface area contributed by atoms with Crippen LogP contribution in [0.15, 0.2) is 146 Å². The number of allylic oxidation sites excluding steroid dienone is 24. The summed E-state index contributed by atoms with van der Waals surface area (Å²) in [6.07, 6.45) is 72.4. The highest BCUT2D eigenvalue weighted by atomic mass is 31.2. The molecular formula is C64H101O11P. The van der Waals surface area contributed by atoms with Gasteiger partial charge < -0.3 is 24.2 Å². The van der Waals surface area contributed by atoms with Crippen LogP contribution in [-0.2, 0) is 42.2 Å². The predicted molar refractivity (Wildman–Crippen MR) is 316 cm³/mol. The van der Waals surface area contributed by atoms with Crippen LogP contribution in [0.25, 0.3) is 0 Å². The first-order chi connectivity index (χ1) is 37.2. The molecule has 3 atom stereocenters. The van der Waals surface area contributed by atoms with Gasteiger partial charge in [-0.25, -0.2) is 4.57 Å². The molecule has 0 aliphatic rings. The molecule has 0 radical (unpaired) electrons. The van der Waals surface area contributed by atoms with Crippen LogP contribution in [-0.4, -0.2) is 66.5 Å². The predicted octanol–water partition coefficient (Wildman–Crippen LogP) is 17.1. The Morgan fingerprint density at radius 1 is 0.368 bits per heavy atom. The van der Waals surface area contributed by atoms with Crippen molar-refractivity contribution < 1.29 is 52.2 Å². The first-order valence-electron chi connectivity index (χ1n) is 28.7. The Labute approximate surface area is 461 Å². The molecule has 0 rings (SSSR count). The average molecular weight is 1080 g/mol. The van der Waals surface area contributed by atoms with Crippen molar-refractivity contribution in [3.8, 4) is 0 Å². The maximum Gasteiger partial charge on any atom is 0.472 e. The van der Waals surface area contributed by atoms with Gasteiger partial charge in [0.25, 0.3) is 0 Å². The minimum absolute atomic E-state index is 0.112. The van der Waals surface area contributed by atoms with Crippen LogP contribution in [0, 0.1) is 0 Å². The summed E-state index contributed by atoms with van der Waals surface area (Å²) in [6.45, 7) is 4.16. The molecule has 0 spiro atoms. The standard InChI is InChI=1S/C64H101O11P/c1-4-7-10-13-16-19-22-25-28-30-33-35-38-41-44-47-50-53-62(66)71-57-61(75-64(68)55-52-49-46-43-40-37-34-31-29-26-23-20-17-14-11-8-5-2)59-73-76(69,70)72-58-60(56-65)74-63(67)54-51-48-45-42-39-36-32-27-24-21-18-15-12-9-6-3/h7-12,16-21,25-29,32-33,35,39,41-42,44,60-61,65H,4-6,13-15,22-24,30-31,34,36-38,40,43,45-59H2,1-3H3,(H,69,70)/b10-7-,11-8-,12-9-,19-16-,20-17-,21-18-,28-25-,29-26-,32-27-,35-33-,42-39-,44-41-. The highest BCUT2D eigenvalue weighted by molar-refractivity contribution is 7.47. The lowest BCUT2D eigenvalue weighted by Crippen LogP contribution is -2.30. The van der Waals surface area contributed by atoms with Crippen molar-refractivity contribution in [1.29, 1.82) is 0 Å². The molecule has 0 bridgehead atoms. The van der Waals surface area contributed by atoms with Gasteiger partial charge in [0.1, 0.15) is 12.7 Å². The molecule has 0 aromatic carbocycles. The van der Waals surface area contributed by atoms with Crippen LogP contribution in [0.5, 0.6) is 0 Å². The van der Waals surface area contributed by atoms with E-state index < -0.39 is 57.8 Å². The number of carbonyl (C=O) groups excluding carboxylic acids is 3. The fourth-order valence-electron chi connectivity index (χ4n) is 6.98. The first kappa shape index (κ1) is 71.4. The van der Waals surface area contributed by atoms with Gasteiger partial charge in [0, 0.05) is 19.3 Å². The van der Waals surface area contributed by atoms with Gasteiger partial charge in [-0.3, -0.25) is 23.4 Å². The fourth-order valence-corrected chi connectivity index (χ4v) is 7.77. The molecule has 428 valence electrons. The molecular weight excluding hydrogens is 976 g/mol. The first-order valence-corrected chi connectivity index (χ1v) is 30.2. The van der Waals surface area contributed by atoms with Crippen molar-refractivity contribution in [2.24, 2.45) is 0 Å². The number of esters is 3. The number of rotatable bonds is 51. The molecule has 0 aliphatic carbocycles. The molecule has 2 N–H and O–H groups in total. The summed E-state index contributed by atoms with van der Waals surface area (Å²) in [6, 6.07) is 0. The largest absolute Gasteiger partial charge is 0.472 e. The molecule has 0 aromatic rings. The van der Waals surface area contributed by atoms with E-state index in [4.69, 9.17) is 23.3 Å². The number of aliphatic hydroxyl groups excluding tert-OH is 1. The molecule has 0 fully saturated rings. The van der Waals surface area contributed by atoms with Crippen molar-refractivity contribution in [3.63, 3.8) is 0 Å². The van der Waals surface area contributed by atoms with E-state index in [0.29, 0.717) is 25.7 Å². The number of carbonyl (C=O) groups is 3. The van der Waals surface area contributed by atoms with Crippen LogP contribution in [0.4, 0.5) is 0 Å². The number of aliphatic hydroxyl groups is 1. The van der Waals surface area contributed by atoms with Gasteiger partial charge in [-0.2, -0.15) is 0 Å². The Kier molecular flexibility index (Phi) is 53.1. The number of phosphoric acid groups is 1. The van der Waals surface area contributed by atoms with Gasteiger partial charge in [-0.1, -0.05) is 199 Å². The fraction of sp³-hybridized carbons (Fsp3) is 0.578. The van der Waals surface area contributed by atoms with Crippen LogP contribution < -0.4 is 0 Å². The van der Waals surface area contributed by atoms with E-state index in [1.54, 1.807) is 0 Å². The van der Waals surface area contributed by atoms with Gasteiger partial charge in [0.05, 0.1) is 19.8 Å². The smallest absolute Gasteiger partial charge is 0.462 e. The van der Waals surface area contributed by atoms with Gasteiger partial charge in [0.2, 0.25) is 0 Å². The quantitative estimate of drug-likeness (QED) is 0.0197. The van der Waals surface area contributed by atoms with Crippen LogP contribution in [0.2, 0.25) is 0 Å². The van der Waals surface area contributed by atoms with Crippen LogP contribution in [0.3, 0.4) is 0 Å². The Morgan fingerprint density at radius 3 is 1.05 bits per heavy atom. The van der Waals surface area contributed by atoms with Gasteiger partial charge >= 0.3 is 25.7 Å². The second-order valence-corrected chi connectivity index (χ2v) is 19.8. The summed E-state index contributed by atoms with van der Waals surface area (Å²) in [5.41, 5.74) is 0. The van der Waals surface area contributed by atoms with E-state index in [1.807, 2.05) is 6.08 Å². The highest BCUT2D eigenvalue weighted by Crippen LogP contribution is 2.43. The van der Waals surface area contributed by atoms with E-state index in [9.17, 15) is 28.9 Å².